The zero-order valence-electron chi connectivity index (χ0n) is 35.6. The van der Waals surface area contributed by atoms with Crippen molar-refractivity contribution in [2.45, 2.75) is 189 Å². The monoisotopic (exact) mass is 868 g/mol. The van der Waals surface area contributed by atoms with Crippen molar-refractivity contribution in [2.24, 2.45) is 40.4 Å². The third-order valence-corrected chi connectivity index (χ3v) is 17.1. The molecule has 0 radical (unpaired) electrons. The fourth-order valence-electron chi connectivity index (χ4n) is 13.6. The topological polar surface area (TPSA) is 256 Å². The summed E-state index contributed by atoms with van der Waals surface area (Å²) in [6.45, 7) is 12.2. The molecule has 346 valence electrons. The van der Waals surface area contributed by atoms with Gasteiger partial charge < -0.3 is 83.9 Å². The lowest BCUT2D eigenvalue weighted by Crippen LogP contribution is -2.65. The highest BCUT2D eigenvalue weighted by Crippen LogP contribution is 2.70. The van der Waals surface area contributed by atoms with Crippen LogP contribution in [0, 0.1) is 40.4 Å². The fourth-order valence-corrected chi connectivity index (χ4v) is 13.6. The van der Waals surface area contributed by atoms with Crippen LogP contribution in [0.1, 0.15) is 79.1 Å². The van der Waals surface area contributed by atoms with Crippen LogP contribution in [0.3, 0.4) is 0 Å². The van der Waals surface area contributed by atoms with Gasteiger partial charge in [-0.1, -0.05) is 44.6 Å². The molecular weight excluding hydrogens is 800 g/mol. The van der Waals surface area contributed by atoms with Crippen LogP contribution in [0.15, 0.2) is 23.8 Å². The molecule has 0 aromatic carbocycles. The van der Waals surface area contributed by atoms with Gasteiger partial charge in [0.1, 0.15) is 61.0 Å². The van der Waals surface area contributed by atoms with E-state index in [-0.39, 0.29) is 30.0 Å². The number of aliphatic hydroxyl groups is 9. The van der Waals surface area contributed by atoms with E-state index in [9.17, 15) is 46.0 Å². The molecule has 4 aliphatic carbocycles. The molecule has 3 saturated carbocycles. The Hall–Kier alpha value is -1.20. The van der Waals surface area contributed by atoms with Crippen molar-refractivity contribution in [3.63, 3.8) is 0 Å². The Labute approximate surface area is 356 Å². The van der Waals surface area contributed by atoms with E-state index in [0.29, 0.717) is 37.2 Å². The second-order valence-corrected chi connectivity index (χ2v) is 20.3. The number of fused-ring (bicyclic) bond motifs is 7. The Kier molecular flexibility index (Phi) is 12.2. The third kappa shape index (κ3) is 7.25. The van der Waals surface area contributed by atoms with E-state index in [4.69, 9.17) is 37.9 Å². The zero-order chi connectivity index (χ0) is 43.5. The molecule has 8 fully saturated rings. The summed E-state index contributed by atoms with van der Waals surface area (Å²) in [5.41, 5.74) is 1.90. The van der Waals surface area contributed by atoms with Crippen LogP contribution in [0.5, 0.6) is 0 Å². The van der Waals surface area contributed by atoms with Gasteiger partial charge in [-0.05, 0) is 74.5 Å². The number of ether oxygens (including phenoxy) is 8. The molecule has 5 saturated heterocycles. The van der Waals surface area contributed by atoms with Gasteiger partial charge in [0.05, 0.1) is 44.2 Å². The minimum atomic E-state index is -1.81. The molecule has 1 spiro atoms. The molecule has 5 heterocycles. The lowest BCUT2D eigenvalue weighted by Gasteiger charge is -2.60. The van der Waals surface area contributed by atoms with Crippen LogP contribution in [0.4, 0.5) is 0 Å². The molecule has 9 aliphatic rings. The molecule has 0 bridgehead atoms. The van der Waals surface area contributed by atoms with E-state index >= 15 is 0 Å². The van der Waals surface area contributed by atoms with Gasteiger partial charge >= 0.3 is 0 Å². The lowest BCUT2D eigenvalue weighted by atomic mass is 9.46. The Morgan fingerprint density at radius 1 is 0.803 bits per heavy atom. The van der Waals surface area contributed by atoms with Crippen molar-refractivity contribution in [3.8, 4) is 0 Å². The molecule has 5 aliphatic heterocycles. The van der Waals surface area contributed by atoms with Crippen LogP contribution in [0.25, 0.3) is 0 Å². The molecule has 17 heteroatoms. The van der Waals surface area contributed by atoms with Crippen molar-refractivity contribution in [2.75, 3.05) is 19.8 Å². The van der Waals surface area contributed by atoms with Crippen LogP contribution in [-0.2, 0) is 37.9 Å². The highest BCUT2D eigenvalue weighted by molar-refractivity contribution is 5.28. The smallest absolute Gasteiger partial charge is 0.187 e. The molecule has 17 nitrogen and oxygen atoms in total. The van der Waals surface area contributed by atoms with Gasteiger partial charge in [0.25, 0.3) is 0 Å². The summed E-state index contributed by atoms with van der Waals surface area (Å²) in [5, 5.41) is 97.2. The van der Waals surface area contributed by atoms with Crippen LogP contribution < -0.4 is 0 Å². The molecule has 0 aromatic heterocycles. The SMILES string of the molecule is C=C1CC[C@@]2(OC1)O[C@H]1C[C@@H]3[C@@H]4CC=C5C[C@H](O[C@H]6OC[C@@H](O)[C@@H](O)[C@@H]6O[C@@H]6O[C@@H](C)[C@H](O)[C@@H](O[C@@H]7O[C@H](CO)[C@@H](O)[C@H](O)[C@H]7O)[C@H]6O)C[C@@H](O)[C@]5(C)[C@@H]4CC[C@]3(C)[C@H]1[C@@H]2C. The maximum Gasteiger partial charge on any atom is 0.187 e. The van der Waals surface area contributed by atoms with Crippen molar-refractivity contribution >= 4 is 0 Å². The second kappa shape index (κ2) is 16.6. The first-order valence-corrected chi connectivity index (χ1v) is 22.5. The highest BCUT2D eigenvalue weighted by atomic mass is 16.8. The van der Waals surface area contributed by atoms with Gasteiger partial charge in [0, 0.05) is 24.2 Å². The Balaban J connectivity index is 0.877. The summed E-state index contributed by atoms with van der Waals surface area (Å²) in [4.78, 5) is 0. The standard InChI is InChI=1S/C44H68O17/c1-18-8-11-44(55-16-18)19(2)30-27(61-44)14-25-23-7-6-21-12-22(13-29(47)43(21,5)24(23)9-10-42(25,30)4)57-41-38(32(49)26(46)17-54-41)60-40-36(53)37(31(48)20(3)56-40)59-39-35(52)34(51)33(50)28(15-45)58-39/h6,19-20,22-41,45-53H,1,7-17H2,2-5H3/t19-,20-,22-,23+,24+,25+,26+,27-,28+,29+,30-,31-,32+,33+,34-,35+,36+,37+,38-,39-,40-,41+,42-,43-,44+/m0/s1. The minimum Gasteiger partial charge on any atom is -0.394 e. The highest BCUT2D eigenvalue weighted by Gasteiger charge is 2.69. The fraction of sp³-hybridized carbons (Fsp3) is 0.909. The number of rotatable bonds is 7. The molecule has 9 rings (SSSR count). The van der Waals surface area contributed by atoms with Crippen LogP contribution in [-0.4, -0.2) is 176 Å². The normalized spacial score (nSPS) is 57.2. The average molecular weight is 869 g/mol. The van der Waals surface area contributed by atoms with Gasteiger partial charge in [-0.25, -0.2) is 0 Å². The van der Waals surface area contributed by atoms with Crippen LogP contribution in [0.2, 0.25) is 0 Å². The largest absolute Gasteiger partial charge is 0.394 e. The van der Waals surface area contributed by atoms with E-state index in [2.05, 4.69) is 33.4 Å². The van der Waals surface area contributed by atoms with Crippen molar-refractivity contribution in [1.82, 2.24) is 0 Å². The second-order valence-electron chi connectivity index (χ2n) is 20.3. The van der Waals surface area contributed by atoms with E-state index in [1.165, 1.54) is 6.92 Å². The summed E-state index contributed by atoms with van der Waals surface area (Å²) in [7, 11) is 0. The quantitative estimate of drug-likeness (QED) is 0.150. The predicted molar refractivity (Wildman–Crippen MR) is 210 cm³/mol. The Morgan fingerprint density at radius 2 is 1.54 bits per heavy atom. The zero-order valence-corrected chi connectivity index (χ0v) is 35.6. The maximum absolute atomic E-state index is 12.2. The molecule has 9 N–H and O–H groups in total. The number of allylic oxidation sites excluding steroid dienone is 1. The average Bonchev–Trinajstić information content (AvgIpc) is 3.68. The van der Waals surface area contributed by atoms with Gasteiger partial charge in [-0.3, -0.25) is 0 Å². The van der Waals surface area contributed by atoms with E-state index < -0.39 is 116 Å². The number of aliphatic hydroxyl groups excluding tert-OH is 9. The molecular formula is C44H68O17. The maximum atomic E-state index is 12.2. The van der Waals surface area contributed by atoms with E-state index in [1.807, 2.05) is 0 Å². The summed E-state index contributed by atoms with van der Waals surface area (Å²) in [6, 6.07) is 0. The molecule has 0 unspecified atom stereocenters. The molecule has 61 heavy (non-hydrogen) atoms. The Bertz CT molecular complexity index is 1640. The first kappa shape index (κ1) is 45.0. The summed E-state index contributed by atoms with van der Waals surface area (Å²) in [6.07, 6.45) is -13.5. The molecule has 0 aromatic rings. The third-order valence-electron chi connectivity index (χ3n) is 17.1. The minimum absolute atomic E-state index is 0.107. The summed E-state index contributed by atoms with van der Waals surface area (Å²) < 4.78 is 48.9. The van der Waals surface area contributed by atoms with Gasteiger partial charge in [0.2, 0.25) is 0 Å². The summed E-state index contributed by atoms with van der Waals surface area (Å²) in [5.74, 6) is 1.30. The predicted octanol–water partition coefficient (Wildman–Crippen LogP) is -0.256. The molecule has 25 atom stereocenters. The van der Waals surface area contributed by atoms with E-state index in [1.54, 1.807) is 0 Å². The summed E-state index contributed by atoms with van der Waals surface area (Å²) >= 11 is 0. The lowest BCUT2D eigenvalue weighted by molar-refractivity contribution is -0.380. The number of hydrogen-bond acceptors (Lipinski definition) is 17. The van der Waals surface area contributed by atoms with Crippen molar-refractivity contribution in [1.29, 1.82) is 0 Å². The van der Waals surface area contributed by atoms with Crippen LogP contribution >= 0.6 is 0 Å². The first-order valence-electron chi connectivity index (χ1n) is 22.5. The van der Waals surface area contributed by atoms with Gasteiger partial charge in [-0.2, -0.15) is 0 Å². The van der Waals surface area contributed by atoms with E-state index in [0.717, 1.165) is 49.7 Å². The van der Waals surface area contributed by atoms with Crippen molar-refractivity contribution in [3.05, 3.63) is 23.8 Å². The first-order chi connectivity index (χ1) is 28.9. The van der Waals surface area contributed by atoms with Gasteiger partial charge in [0.15, 0.2) is 24.7 Å². The number of hydrogen-bond donors (Lipinski definition) is 9. The van der Waals surface area contributed by atoms with Gasteiger partial charge in [-0.15, -0.1) is 0 Å². The van der Waals surface area contributed by atoms with Crippen molar-refractivity contribution < 1.29 is 83.9 Å². The Morgan fingerprint density at radius 3 is 2.26 bits per heavy atom. The molecule has 0 amide bonds.